The van der Waals surface area contributed by atoms with Crippen molar-refractivity contribution >= 4 is 34.6 Å². The Morgan fingerprint density at radius 2 is 1.94 bits per heavy atom. The standard InChI is InChI=1S/C25H19N5O5/c31-24-14-29(26-12-17-8-9-23(35-17)15-4-3-5-16(10-15)30(33)34)25(32)22-11-19-18-6-1-2-7-20(18)27-21(19)13-28(22)24/h1-10,12,22,27H,11,13-14H2/t22-/m0/s1. The summed E-state index contributed by atoms with van der Waals surface area (Å²) in [5, 5.41) is 17.5. The number of piperazine rings is 1. The van der Waals surface area contributed by atoms with Crippen LogP contribution in [0.1, 0.15) is 17.0 Å². The topological polar surface area (TPSA) is 125 Å². The van der Waals surface area contributed by atoms with Gasteiger partial charge in [0, 0.05) is 40.7 Å². The zero-order valence-electron chi connectivity index (χ0n) is 18.4. The molecule has 4 aromatic rings. The van der Waals surface area contributed by atoms with Crippen molar-refractivity contribution in [3.63, 3.8) is 0 Å². The largest absolute Gasteiger partial charge is 0.455 e. The van der Waals surface area contributed by atoms with E-state index in [0.717, 1.165) is 22.2 Å². The number of rotatable bonds is 4. The Kier molecular flexibility index (Phi) is 4.73. The Labute approximate surface area is 198 Å². The molecule has 1 fully saturated rings. The van der Waals surface area contributed by atoms with Crippen LogP contribution in [-0.4, -0.2) is 50.4 Å². The number of carbonyl (C=O) groups excluding carboxylic acids is 2. The summed E-state index contributed by atoms with van der Waals surface area (Å²) in [5.74, 6) is 0.369. The number of para-hydroxylation sites is 1. The predicted molar refractivity (Wildman–Crippen MR) is 126 cm³/mol. The van der Waals surface area contributed by atoms with Gasteiger partial charge in [0.2, 0.25) is 5.91 Å². The highest BCUT2D eigenvalue weighted by Crippen LogP contribution is 2.32. The SMILES string of the molecule is O=C1[C@@H]2Cc3c([nH]c4ccccc34)CN2C(=O)CN1N=Cc1ccc(-c2cccc([N+](=O)[O-])c2)o1. The number of non-ortho nitro benzene ring substituents is 1. The number of aromatic nitrogens is 1. The number of carbonyl (C=O) groups is 2. The van der Waals surface area contributed by atoms with Crippen molar-refractivity contribution in [2.24, 2.45) is 5.10 Å². The number of nitrogens with one attached hydrogen (secondary N) is 1. The van der Waals surface area contributed by atoms with Crippen LogP contribution in [0, 0.1) is 10.1 Å². The third-order valence-corrected chi connectivity index (χ3v) is 6.44. The summed E-state index contributed by atoms with van der Waals surface area (Å²) in [6.07, 6.45) is 1.80. The van der Waals surface area contributed by atoms with Crippen molar-refractivity contribution in [2.75, 3.05) is 6.54 Å². The van der Waals surface area contributed by atoms with Gasteiger partial charge in [0.25, 0.3) is 11.6 Å². The number of nitro benzene ring substituents is 1. The van der Waals surface area contributed by atoms with Crippen molar-refractivity contribution < 1.29 is 18.9 Å². The Morgan fingerprint density at radius 3 is 2.80 bits per heavy atom. The first-order chi connectivity index (χ1) is 17.0. The number of benzene rings is 2. The number of H-pyrrole nitrogens is 1. The molecule has 1 N–H and O–H groups in total. The number of fused-ring (bicyclic) bond motifs is 4. The zero-order valence-corrected chi connectivity index (χ0v) is 18.4. The number of hydrogen-bond acceptors (Lipinski definition) is 6. The fourth-order valence-electron chi connectivity index (χ4n) is 4.73. The van der Waals surface area contributed by atoms with E-state index in [4.69, 9.17) is 4.42 Å². The number of hydrazone groups is 1. The average molecular weight is 469 g/mol. The fraction of sp³-hybridized carbons (Fsp3) is 0.160. The van der Waals surface area contributed by atoms with Gasteiger partial charge in [-0.05, 0) is 23.8 Å². The van der Waals surface area contributed by atoms with Gasteiger partial charge in [-0.3, -0.25) is 19.7 Å². The van der Waals surface area contributed by atoms with Gasteiger partial charge >= 0.3 is 0 Å². The Hall–Kier alpha value is -4.73. The molecule has 0 radical (unpaired) electrons. The Bertz CT molecular complexity index is 1530. The van der Waals surface area contributed by atoms with Crippen LogP contribution in [0.15, 0.2) is 70.2 Å². The summed E-state index contributed by atoms with van der Waals surface area (Å²) in [6, 6.07) is 16.7. The van der Waals surface area contributed by atoms with E-state index in [0.29, 0.717) is 30.0 Å². The normalized spacial score (nSPS) is 17.8. The van der Waals surface area contributed by atoms with Gasteiger partial charge in [-0.25, -0.2) is 5.01 Å². The summed E-state index contributed by atoms with van der Waals surface area (Å²) in [4.78, 5) is 41.6. The molecular formula is C25H19N5O5. The van der Waals surface area contributed by atoms with Crippen molar-refractivity contribution in [1.29, 1.82) is 0 Å². The molecule has 0 spiro atoms. The summed E-state index contributed by atoms with van der Waals surface area (Å²) in [6.45, 7) is 0.210. The Balaban J connectivity index is 1.23. The summed E-state index contributed by atoms with van der Waals surface area (Å²) in [5.41, 5.74) is 3.52. The molecule has 6 rings (SSSR count). The lowest BCUT2D eigenvalue weighted by atomic mass is 9.94. The fourth-order valence-corrected chi connectivity index (χ4v) is 4.73. The van der Waals surface area contributed by atoms with Crippen LogP contribution in [0.4, 0.5) is 5.69 Å². The third kappa shape index (κ3) is 3.55. The van der Waals surface area contributed by atoms with E-state index >= 15 is 0 Å². The van der Waals surface area contributed by atoms with Gasteiger partial charge in [0.05, 0.1) is 17.7 Å². The van der Waals surface area contributed by atoms with E-state index in [1.165, 1.54) is 23.4 Å². The predicted octanol–water partition coefficient (Wildman–Crippen LogP) is 3.47. The molecule has 2 aliphatic rings. The molecule has 10 heteroatoms. The zero-order chi connectivity index (χ0) is 24.1. The minimum Gasteiger partial charge on any atom is -0.455 e. The van der Waals surface area contributed by atoms with E-state index in [1.54, 1.807) is 29.2 Å². The summed E-state index contributed by atoms with van der Waals surface area (Å²) in [7, 11) is 0. The number of hydrogen-bond donors (Lipinski definition) is 1. The first-order valence-corrected chi connectivity index (χ1v) is 11.1. The van der Waals surface area contributed by atoms with E-state index in [2.05, 4.69) is 10.1 Å². The molecule has 0 unspecified atom stereocenters. The molecule has 1 saturated heterocycles. The van der Waals surface area contributed by atoms with Gasteiger partial charge in [-0.15, -0.1) is 0 Å². The van der Waals surface area contributed by atoms with Crippen LogP contribution in [0.2, 0.25) is 0 Å². The molecule has 2 aromatic carbocycles. The number of nitrogens with zero attached hydrogens (tertiary/aromatic N) is 4. The maximum absolute atomic E-state index is 13.2. The molecule has 1 atom stereocenters. The van der Waals surface area contributed by atoms with Gasteiger partial charge in [-0.1, -0.05) is 30.3 Å². The highest BCUT2D eigenvalue weighted by atomic mass is 16.6. The lowest BCUT2D eigenvalue weighted by Crippen LogP contribution is -2.60. The number of nitro groups is 1. The molecule has 2 amide bonds. The van der Waals surface area contributed by atoms with Crippen LogP contribution >= 0.6 is 0 Å². The number of furan rings is 1. The molecule has 0 bridgehead atoms. The van der Waals surface area contributed by atoms with Crippen LogP contribution in [-0.2, 0) is 22.6 Å². The van der Waals surface area contributed by atoms with Crippen LogP contribution < -0.4 is 0 Å². The van der Waals surface area contributed by atoms with E-state index in [1.807, 2.05) is 24.3 Å². The Morgan fingerprint density at radius 1 is 1.09 bits per heavy atom. The average Bonchev–Trinajstić information content (AvgIpc) is 3.49. The molecule has 2 aromatic heterocycles. The quantitative estimate of drug-likeness (QED) is 0.278. The monoisotopic (exact) mass is 469 g/mol. The third-order valence-electron chi connectivity index (χ3n) is 6.44. The molecular weight excluding hydrogens is 450 g/mol. The van der Waals surface area contributed by atoms with Gasteiger partial charge in [0.1, 0.15) is 24.1 Å². The van der Waals surface area contributed by atoms with Crippen LogP contribution in [0.3, 0.4) is 0 Å². The van der Waals surface area contributed by atoms with Crippen molar-refractivity contribution in [2.45, 2.75) is 19.0 Å². The van der Waals surface area contributed by atoms with Crippen molar-refractivity contribution in [3.05, 3.63) is 87.8 Å². The highest BCUT2D eigenvalue weighted by Gasteiger charge is 2.43. The van der Waals surface area contributed by atoms with E-state index < -0.39 is 11.0 Å². The van der Waals surface area contributed by atoms with Crippen LogP contribution in [0.5, 0.6) is 0 Å². The first-order valence-electron chi connectivity index (χ1n) is 11.1. The first kappa shape index (κ1) is 20.8. The smallest absolute Gasteiger partial charge is 0.270 e. The number of aromatic amines is 1. The van der Waals surface area contributed by atoms with Crippen molar-refractivity contribution in [3.8, 4) is 11.3 Å². The van der Waals surface area contributed by atoms with Crippen molar-refractivity contribution in [1.82, 2.24) is 14.9 Å². The molecule has 35 heavy (non-hydrogen) atoms. The second kappa shape index (κ2) is 7.94. The van der Waals surface area contributed by atoms with E-state index in [-0.39, 0.29) is 24.0 Å². The molecule has 0 saturated carbocycles. The van der Waals surface area contributed by atoms with Crippen LogP contribution in [0.25, 0.3) is 22.2 Å². The number of amides is 2. The molecule has 174 valence electrons. The summed E-state index contributed by atoms with van der Waals surface area (Å²) >= 11 is 0. The second-order valence-corrected chi connectivity index (χ2v) is 8.52. The minimum absolute atomic E-state index is 0.0399. The van der Waals surface area contributed by atoms with E-state index in [9.17, 15) is 19.7 Å². The lowest BCUT2D eigenvalue weighted by molar-refractivity contribution is -0.384. The molecule has 2 aliphatic heterocycles. The molecule has 4 heterocycles. The highest BCUT2D eigenvalue weighted by molar-refractivity contribution is 5.97. The maximum Gasteiger partial charge on any atom is 0.270 e. The molecule has 0 aliphatic carbocycles. The maximum atomic E-state index is 13.2. The van der Waals surface area contributed by atoms with Gasteiger partial charge < -0.3 is 14.3 Å². The second-order valence-electron chi connectivity index (χ2n) is 8.52. The minimum atomic E-state index is -0.614. The lowest BCUT2D eigenvalue weighted by Gasteiger charge is -2.40. The molecule has 10 nitrogen and oxygen atoms in total. The van der Waals surface area contributed by atoms with Gasteiger partial charge in [0.15, 0.2) is 0 Å². The summed E-state index contributed by atoms with van der Waals surface area (Å²) < 4.78 is 5.74. The van der Waals surface area contributed by atoms with Gasteiger partial charge in [-0.2, -0.15) is 5.10 Å².